The number of nitrogens with zero attached hydrogens (tertiary/aromatic N) is 2. The van der Waals surface area contributed by atoms with Crippen LogP contribution in [0.2, 0.25) is 5.02 Å². The van der Waals surface area contributed by atoms with E-state index in [0.29, 0.717) is 29.5 Å². The highest BCUT2D eigenvalue weighted by atomic mass is 35.5. The normalized spacial score (nSPS) is 18.1. The highest BCUT2D eigenvalue weighted by Gasteiger charge is 2.48. The summed E-state index contributed by atoms with van der Waals surface area (Å²) in [5, 5.41) is 6.72. The third kappa shape index (κ3) is 3.40. The Bertz CT molecular complexity index is 1320. The Labute approximate surface area is 195 Å². The number of amides is 2. The van der Waals surface area contributed by atoms with E-state index in [1.165, 1.54) is 0 Å². The molecule has 1 aliphatic heterocycles. The molecule has 0 radical (unpaired) electrons. The molecule has 4 aromatic rings. The molecule has 2 amide bonds. The summed E-state index contributed by atoms with van der Waals surface area (Å²) in [5.74, 6) is -0.377. The van der Waals surface area contributed by atoms with Gasteiger partial charge in [-0.15, -0.1) is 11.3 Å². The molecular weight excluding hydrogens is 442 g/mol. The molecule has 0 aliphatic carbocycles. The summed E-state index contributed by atoms with van der Waals surface area (Å²) in [5.41, 5.74) is 2.26. The number of hydrogen-bond acceptors (Lipinski definition) is 3. The van der Waals surface area contributed by atoms with Crippen molar-refractivity contribution in [2.45, 2.75) is 32.5 Å². The fourth-order valence-corrected chi connectivity index (χ4v) is 5.29. The standard InChI is InChI=1S/C25H22ClN3O2S/c1-16-3-9-20(10-4-16)29-22(30)21-13-18-11-12-32-23(18)28(21)15-25(29,2)24(31)27-14-17-5-7-19(26)8-6-17/h3-13H,14-15H2,1-2H3,(H,27,31). The fraction of sp³-hybridized carbons (Fsp3) is 0.200. The minimum Gasteiger partial charge on any atom is -0.350 e. The quantitative estimate of drug-likeness (QED) is 0.440. The van der Waals surface area contributed by atoms with Gasteiger partial charge < -0.3 is 9.88 Å². The van der Waals surface area contributed by atoms with Crippen molar-refractivity contribution in [1.29, 1.82) is 0 Å². The second kappa shape index (κ2) is 7.80. The Balaban J connectivity index is 1.55. The molecule has 0 bridgehead atoms. The first-order valence-corrected chi connectivity index (χ1v) is 11.6. The molecule has 162 valence electrons. The number of rotatable bonds is 4. The summed E-state index contributed by atoms with van der Waals surface area (Å²) in [4.78, 5) is 30.0. The molecule has 32 heavy (non-hydrogen) atoms. The number of benzene rings is 2. The Morgan fingerprint density at radius 3 is 2.56 bits per heavy atom. The van der Waals surface area contributed by atoms with Crippen molar-refractivity contribution in [3.63, 3.8) is 0 Å². The summed E-state index contributed by atoms with van der Waals surface area (Å²) in [6, 6.07) is 19.0. The molecular formula is C25H22ClN3O2S. The van der Waals surface area contributed by atoms with Gasteiger partial charge in [-0.25, -0.2) is 0 Å². The topological polar surface area (TPSA) is 54.3 Å². The van der Waals surface area contributed by atoms with E-state index in [9.17, 15) is 9.59 Å². The van der Waals surface area contributed by atoms with Crippen LogP contribution in [0.4, 0.5) is 5.69 Å². The van der Waals surface area contributed by atoms with Crippen molar-refractivity contribution in [2.24, 2.45) is 0 Å². The average molecular weight is 464 g/mol. The Morgan fingerprint density at radius 2 is 1.84 bits per heavy atom. The minimum atomic E-state index is -1.10. The van der Waals surface area contributed by atoms with Crippen LogP contribution in [-0.2, 0) is 17.9 Å². The zero-order valence-electron chi connectivity index (χ0n) is 17.8. The summed E-state index contributed by atoms with van der Waals surface area (Å²) in [6.45, 7) is 4.57. The van der Waals surface area contributed by atoms with Gasteiger partial charge in [0.1, 0.15) is 16.1 Å². The van der Waals surface area contributed by atoms with E-state index in [-0.39, 0.29) is 11.8 Å². The van der Waals surface area contributed by atoms with Crippen LogP contribution in [0.5, 0.6) is 0 Å². The van der Waals surface area contributed by atoms with Crippen LogP contribution in [0.25, 0.3) is 10.2 Å². The molecule has 1 atom stereocenters. The molecule has 0 saturated carbocycles. The van der Waals surface area contributed by atoms with E-state index in [0.717, 1.165) is 21.3 Å². The Hall–Kier alpha value is -3.09. The van der Waals surface area contributed by atoms with Gasteiger partial charge in [-0.1, -0.05) is 41.4 Å². The van der Waals surface area contributed by atoms with Crippen LogP contribution in [-0.4, -0.2) is 21.9 Å². The monoisotopic (exact) mass is 463 g/mol. The maximum absolute atomic E-state index is 13.7. The lowest BCUT2D eigenvalue weighted by molar-refractivity contribution is -0.126. The zero-order chi connectivity index (χ0) is 22.5. The molecule has 5 rings (SSSR count). The van der Waals surface area contributed by atoms with Gasteiger partial charge in [0.25, 0.3) is 5.91 Å². The largest absolute Gasteiger partial charge is 0.350 e. The van der Waals surface area contributed by atoms with Crippen LogP contribution >= 0.6 is 22.9 Å². The second-order valence-electron chi connectivity index (χ2n) is 8.36. The van der Waals surface area contributed by atoms with Crippen LogP contribution in [0.1, 0.15) is 28.5 Å². The number of aryl methyl sites for hydroxylation is 1. The first kappa shape index (κ1) is 20.8. The predicted octanol–water partition coefficient (Wildman–Crippen LogP) is 5.40. The van der Waals surface area contributed by atoms with Crippen molar-refractivity contribution in [3.05, 3.63) is 87.9 Å². The number of nitrogens with one attached hydrogen (secondary N) is 1. The molecule has 0 spiro atoms. The van der Waals surface area contributed by atoms with Crippen molar-refractivity contribution < 1.29 is 9.59 Å². The number of hydrogen-bond donors (Lipinski definition) is 1. The Morgan fingerprint density at radius 1 is 1.12 bits per heavy atom. The van der Waals surface area contributed by atoms with Crippen molar-refractivity contribution in [3.8, 4) is 0 Å². The lowest BCUT2D eigenvalue weighted by Crippen LogP contribution is -2.64. The van der Waals surface area contributed by atoms with E-state index in [4.69, 9.17) is 11.6 Å². The smallest absolute Gasteiger partial charge is 0.275 e. The minimum absolute atomic E-state index is 0.173. The van der Waals surface area contributed by atoms with Crippen molar-refractivity contribution in [1.82, 2.24) is 9.88 Å². The summed E-state index contributed by atoms with van der Waals surface area (Å²) in [6.07, 6.45) is 0. The molecule has 0 saturated heterocycles. The highest BCUT2D eigenvalue weighted by molar-refractivity contribution is 7.16. The summed E-state index contributed by atoms with van der Waals surface area (Å²) >= 11 is 7.56. The maximum Gasteiger partial charge on any atom is 0.275 e. The van der Waals surface area contributed by atoms with E-state index in [2.05, 4.69) is 5.32 Å². The van der Waals surface area contributed by atoms with Gasteiger partial charge in [0.2, 0.25) is 5.91 Å². The number of carbonyl (C=O) groups is 2. The number of anilines is 1. The number of fused-ring (bicyclic) bond motifs is 3. The highest BCUT2D eigenvalue weighted by Crippen LogP contribution is 2.37. The number of aromatic nitrogens is 1. The molecule has 7 heteroatoms. The van der Waals surface area contributed by atoms with Gasteiger partial charge in [0.05, 0.1) is 6.54 Å². The predicted molar refractivity (Wildman–Crippen MR) is 130 cm³/mol. The van der Waals surface area contributed by atoms with Crippen LogP contribution in [0.3, 0.4) is 0 Å². The van der Waals surface area contributed by atoms with Gasteiger partial charge in [0.15, 0.2) is 0 Å². The first-order valence-electron chi connectivity index (χ1n) is 10.4. The second-order valence-corrected chi connectivity index (χ2v) is 9.69. The third-order valence-corrected chi connectivity index (χ3v) is 7.24. The lowest BCUT2D eigenvalue weighted by atomic mass is 9.93. The van der Waals surface area contributed by atoms with Crippen LogP contribution in [0.15, 0.2) is 66.0 Å². The summed E-state index contributed by atoms with van der Waals surface area (Å²) in [7, 11) is 0. The molecule has 5 nitrogen and oxygen atoms in total. The Kier molecular flexibility index (Phi) is 5.07. The molecule has 1 aliphatic rings. The lowest BCUT2D eigenvalue weighted by Gasteiger charge is -2.44. The maximum atomic E-state index is 13.7. The number of halogens is 1. The molecule has 2 aromatic heterocycles. The fourth-order valence-electron chi connectivity index (χ4n) is 4.27. The molecule has 2 aromatic carbocycles. The first-order chi connectivity index (χ1) is 15.4. The average Bonchev–Trinajstić information content (AvgIpc) is 3.37. The third-order valence-electron chi connectivity index (χ3n) is 6.03. The van der Waals surface area contributed by atoms with Gasteiger partial charge in [-0.3, -0.25) is 14.5 Å². The molecule has 1 unspecified atom stereocenters. The van der Waals surface area contributed by atoms with Crippen LogP contribution < -0.4 is 10.2 Å². The van der Waals surface area contributed by atoms with Crippen molar-refractivity contribution >= 4 is 50.7 Å². The van der Waals surface area contributed by atoms with E-state index < -0.39 is 5.54 Å². The van der Waals surface area contributed by atoms with Gasteiger partial charge >= 0.3 is 0 Å². The van der Waals surface area contributed by atoms with Gasteiger partial charge in [-0.2, -0.15) is 0 Å². The molecule has 3 heterocycles. The number of carbonyl (C=O) groups excluding carboxylic acids is 2. The zero-order valence-corrected chi connectivity index (χ0v) is 19.3. The molecule has 1 N–H and O–H groups in total. The van der Waals surface area contributed by atoms with Gasteiger partial charge in [0, 0.05) is 22.6 Å². The van der Waals surface area contributed by atoms with Crippen LogP contribution in [0, 0.1) is 6.92 Å². The molecule has 0 fully saturated rings. The van der Waals surface area contributed by atoms with Gasteiger partial charge in [-0.05, 0) is 61.2 Å². The van der Waals surface area contributed by atoms with E-state index in [1.807, 2.05) is 72.3 Å². The van der Waals surface area contributed by atoms with E-state index in [1.54, 1.807) is 28.4 Å². The summed E-state index contributed by atoms with van der Waals surface area (Å²) < 4.78 is 1.98. The van der Waals surface area contributed by atoms with E-state index >= 15 is 0 Å². The SMILES string of the molecule is Cc1ccc(N2C(=O)c3cc4ccsc4n3CC2(C)C(=O)NCc2ccc(Cl)cc2)cc1. The number of thiophene rings is 1. The van der Waals surface area contributed by atoms with Crippen molar-refractivity contribution in [2.75, 3.05) is 4.90 Å².